The van der Waals surface area contributed by atoms with Crippen LogP contribution in [-0.2, 0) is 0 Å². The Balaban J connectivity index is 1.64. The van der Waals surface area contributed by atoms with Crippen LogP contribution in [0.4, 0.5) is 5.82 Å². The number of aryl methyl sites for hydroxylation is 3. The Bertz CT molecular complexity index is 944. The third kappa shape index (κ3) is 2.78. The van der Waals surface area contributed by atoms with Gasteiger partial charge in [0.25, 0.3) is 0 Å². The molecular formula is C18H19N5S. The molecule has 24 heavy (non-hydrogen) atoms. The van der Waals surface area contributed by atoms with Gasteiger partial charge < -0.3 is 9.72 Å². The van der Waals surface area contributed by atoms with Crippen molar-refractivity contribution in [3.63, 3.8) is 0 Å². The molecule has 1 atom stereocenters. The zero-order valence-electron chi connectivity index (χ0n) is 13.9. The molecule has 1 aliphatic heterocycles. The number of aromatic nitrogens is 3. The molecule has 4 rings (SSSR count). The van der Waals surface area contributed by atoms with Crippen LogP contribution in [0.3, 0.4) is 0 Å². The predicted octanol–water partition coefficient (Wildman–Crippen LogP) is 3.91. The van der Waals surface area contributed by atoms with Gasteiger partial charge in [-0.2, -0.15) is 0 Å². The average Bonchev–Trinajstić information content (AvgIpc) is 3.10. The summed E-state index contributed by atoms with van der Waals surface area (Å²) in [4.78, 5) is 13.9. The molecule has 3 aromatic heterocycles. The van der Waals surface area contributed by atoms with Gasteiger partial charge in [0.05, 0.1) is 11.4 Å². The van der Waals surface area contributed by atoms with Crippen molar-refractivity contribution in [1.82, 2.24) is 14.4 Å². The quantitative estimate of drug-likeness (QED) is 0.770. The summed E-state index contributed by atoms with van der Waals surface area (Å²) in [6, 6.07) is 8.34. The van der Waals surface area contributed by atoms with Crippen molar-refractivity contribution < 1.29 is 0 Å². The molecule has 0 saturated carbocycles. The summed E-state index contributed by atoms with van der Waals surface area (Å²) in [7, 11) is 0. The molecule has 5 nitrogen and oxygen atoms in total. The SMILES string of the molecule is Cc1ccnc(NC2=NC(c3c(C)nc4cc(C)ccn34)CS2)c1. The van der Waals surface area contributed by atoms with Crippen LogP contribution in [0.1, 0.15) is 28.6 Å². The fourth-order valence-corrected chi connectivity index (χ4v) is 3.91. The van der Waals surface area contributed by atoms with Crippen LogP contribution >= 0.6 is 11.8 Å². The highest BCUT2D eigenvalue weighted by molar-refractivity contribution is 8.14. The summed E-state index contributed by atoms with van der Waals surface area (Å²) in [6.07, 6.45) is 3.90. The van der Waals surface area contributed by atoms with Crippen LogP contribution < -0.4 is 5.32 Å². The van der Waals surface area contributed by atoms with E-state index in [9.17, 15) is 0 Å². The lowest BCUT2D eigenvalue weighted by molar-refractivity contribution is 0.786. The first-order valence-electron chi connectivity index (χ1n) is 7.95. The molecule has 1 unspecified atom stereocenters. The highest BCUT2D eigenvalue weighted by atomic mass is 32.2. The number of imidazole rings is 1. The Kier molecular flexibility index (Phi) is 3.76. The van der Waals surface area contributed by atoms with Crippen molar-refractivity contribution in [2.24, 2.45) is 4.99 Å². The number of anilines is 1. The van der Waals surface area contributed by atoms with Crippen molar-refractivity contribution in [2.45, 2.75) is 26.8 Å². The normalized spacial score (nSPS) is 17.3. The first-order chi connectivity index (χ1) is 11.6. The van der Waals surface area contributed by atoms with Gasteiger partial charge in [0.1, 0.15) is 17.5 Å². The molecule has 0 aromatic carbocycles. The molecular weight excluding hydrogens is 318 g/mol. The van der Waals surface area contributed by atoms with Gasteiger partial charge in [-0.05, 0) is 56.2 Å². The Labute approximate surface area is 145 Å². The summed E-state index contributed by atoms with van der Waals surface area (Å²) in [5.41, 5.74) is 5.61. The Hall–Kier alpha value is -2.34. The first-order valence-corrected chi connectivity index (χ1v) is 8.94. The van der Waals surface area contributed by atoms with Crippen LogP contribution in [-0.4, -0.2) is 25.3 Å². The number of hydrogen-bond donors (Lipinski definition) is 1. The summed E-state index contributed by atoms with van der Waals surface area (Å²) >= 11 is 1.73. The molecule has 0 saturated heterocycles. The zero-order chi connectivity index (χ0) is 16.7. The molecule has 3 aromatic rings. The van der Waals surface area contributed by atoms with E-state index in [1.165, 1.54) is 16.8 Å². The number of hydrogen-bond acceptors (Lipinski definition) is 5. The van der Waals surface area contributed by atoms with Gasteiger partial charge in [0.2, 0.25) is 0 Å². The monoisotopic (exact) mass is 337 g/mol. The Morgan fingerprint density at radius 3 is 2.83 bits per heavy atom. The summed E-state index contributed by atoms with van der Waals surface area (Å²) in [5, 5.41) is 4.24. The molecule has 1 aliphatic rings. The number of rotatable bonds is 2. The molecule has 0 radical (unpaired) electrons. The minimum absolute atomic E-state index is 0.111. The number of amidine groups is 1. The number of aliphatic imine (C=N–C) groups is 1. The molecule has 6 heteroatoms. The van der Waals surface area contributed by atoms with E-state index in [-0.39, 0.29) is 6.04 Å². The predicted molar refractivity (Wildman–Crippen MR) is 99.9 cm³/mol. The highest BCUT2D eigenvalue weighted by Gasteiger charge is 2.25. The number of fused-ring (bicyclic) bond motifs is 1. The van der Waals surface area contributed by atoms with Gasteiger partial charge >= 0.3 is 0 Å². The van der Waals surface area contributed by atoms with E-state index in [0.717, 1.165) is 28.1 Å². The third-order valence-corrected chi connectivity index (χ3v) is 5.08. The van der Waals surface area contributed by atoms with Gasteiger partial charge in [-0.25, -0.2) is 9.97 Å². The fraction of sp³-hybridized carbons (Fsp3) is 0.278. The van der Waals surface area contributed by atoms with Crippen molar-refractivity contribution >= 4 is 28.4 Å². The lowest BCUT2D eigenvalue weighted by atomic mass is 10.2. The van der Waals surface area contributed by atoms with Gasteiger partial charge in [0, 0.05) is 18.1 Å². The molecule has 0 fully saturated rings. The van der Waals surface area contributed by atoms with Gasteiger partial charge in [-0.15, -0.1) is 0 Å². The van der Waals surface area contributed by atoms with E-state index >= 15 is 0 Å². The van der Waals surface area contributed by atoms with Crippen LogP contribution in [0.15, 0.2) is 41.7 Å². The molecule has 0 aliphatic carbocycles. The second-order valence-electron chi connectivity index (χ2n) is 6.12. The topological polar surface area (TPSA) is 54.6 Å². The van der Waals surface area contributed by atoms with E-state index in [2.05, 4.69) is 53.8 Å². The number of nitrogens with zero attached hydrogens (tertiary/aromatic N) is 4. The molecule has 122 valence electrons. The van der Waals surface area contributed by atoms with Crippen LogP contribution in [0.5, 0.6) is 0 Å². The largest absolute Gasteiger partial charge is 0.320 e. The van der Waals surface area contributed by atoms with Crippen LogP contribution in [0, 0.1) is 20.8 Å². The summed E-state index contributed by atoms with van der Waals surface area (Å²) < 4.78 is 2.16. The van der Waals surface area contributed by atoms with E-state index < -0.39 is 0 Å². The molecule has 0 spiro atoms. The highest BCUT2D eigenvalue weighted by Crippen LogP contribution is 2.33. The minimum atomic E-state index is 0.111. The summed E-state index contributed by atoms with van der Waals surface area (Å²) in [6.45, 7) is 6.21. The number of thioether (sulfide) groups is 1. The van der Waals surface area contributed by atoms with E-state index in [4.69, 9.17) is 9.98 Å². The Morgan fingerprint density at radius 2 is 2.00 bits per heavy atom. The molecule has 0 bridgehead atoms. The van der Waals surface area contributed by atoms with Gasteiger partial charge in [-0.1, -0.05) is 11.8 Å². The summed E-state index contributed by atoms with van der Waals surface area (Å²) in [5.74, 6) is 1.75. The van der Waals surface area contributed by atoms with Crippen LogP contribution in [0.25, 0.3) is 5.65 Å². The van der Waals surface area contributed by atoms with Crippen molar-refractivity contribution in [3.8, 4) is 0 Å². The lowest BCUT2D eigenvalue weighted by Crippen LogP contribution is -2.06. The maximum atomic E-state index is 4.86. The van der Waals surface area contributed by atoms with E-state index in [1.54, 1.807) is 11.8 Å². The third-order valence-electron chi connectivity index (χ3n) is 4.12. The second-order valence-corrected chi connectivity index (χ2v) is 7.13. The minimum Gasteiger partial charge on any atom is -0.320 e. The average molecular weight is 337 g/mol. The maximum absolute atomic E-state index is 4.86. The first kappa shape index (κ1) is 15.2. The van der Waals surface area contributed by atoms with E-state index in [0.29, 0.717) is 0 Å². The Morgan fingerprint density at radius 1 is 1.17 bits per heavy atom. The van der Waals surface area contributed by atoms with E-state index in [1.807, 2.05) is 18.3 Å². The molecule has 0 amide bonds. The smallest absolute Gasteiger partial charge is 0.162 e. The fourth-order valence-electron chi connectivity index (χ4n) is 2.98. The zero-order valence-corrected chi connectivity index (χ0v) is 14.8. The second kappa shape index (κ2) is 5.94. The van der Waals surface area contributed by atoms with Gasteiger partial charge in [-0.3, -0.25) is 4.99 Å². The lowest BCUT2D eigenvalue weighted by Gasteiger charge is -2.07. The van der Waals surface area contributed by atoms with Crippen molar-refractivity contribution in [1.29, 1.82) is 0 Å². The van der Waals surface area contributed by atoms with Crippen molar-refractivity contribution in [3.05, 3.63) is 59.2 Å². The van der Waals surface area contributed by atoms with Gasteiger partial charge in [0.15, 0.2) is 5.17 Å². The van der Waals surface area contributed by atoms with Crippen molar-refractivity contribution in [2.75, 3.05) is 11.1 Å². The standard InChI is InChI=1S/C18H19N5S/c1-11-4-6-19-15(8-11)22-18-21-14(10-24-18)17-13(3)20-16-9-12(2)5-7-23(16)17/h4-9,14H,10H2,1-3H3,(H,19,21,22). The number of pyridine rings is 2. The maximum Gasteiger partial charge on any atom is 0.162 e. The molecule has 1 N–H and O–H groups in total. The number of nitrogens with one attached hydrogen (secondary N) is 1. The molecule has 4 heterocycles. The van der Waals surface area contributed by atoms with Crippen LogP contribution in [0.2, 0.25) is 0 Å².